The molecular formula is C14H26N2O3. The summed E-state index contributed by atoms with van der Waals surface area (Å²) in [5.41, 5.74) is -0.766. The summed E-state index contributed by atoms with van der Waals surface area (Å²) in [5, 5.41) is 3.44. The normalized spacial score (nSPS) is 26.7. The number of esters is 1. The van der Waals surface area contributed by atoms with Crippen molar-refractivity contribution in [3.8, 4) is 0 Å². The van der Waals surface area contributed by atoms with Gasteiger partial charge >= 0.3 is 5.97 Å². The second kappa shape index (κ2) is 5.38. The summed E-state index contributed by atoms with van der Waals surface area (Å²) in [6.07, 6.45) is 2.31. The second-order valence-electron chi connectivity index (χ2n) is 6.56. The zero-order chi connectivity index (χ0) is 14.1. The fraction of sp³-hybridized carbons (Fsp3) is 0.929. The number of ether oxygens (including phenoxy) is 2. The molecule has 1 unspecified atom stereocenters. The first-order valence-electron chi connectivity index (χ1n) is 7.07. The van der Waals surface area contributed by atoms with Gasteiger partial charge in [0.15, 0.2) is 0 Å². The summed E-state index contributed by atoms with van der Waals surface area (Å²) >= 11 is 0. The summed E-state index contributed by atoms with van der Waals surface area (Å²) in [5.74, 6) is -0.177. The number of nitrogens with zero attached hydrogens (tertiary/aromatic N) is 1. The van der Waals surface area contributed by atoms with E-state index in [2.05, 4.69) is 24.1 Å². The van der Waals surface area contributed by atoms with Crippen molar-refractivity contribution in [3.63, 3.8) is 0 Å². The fourth-order valence-electron chi connectivity index (χ4n) is 2.77. The molecule has 110 valence electrons. The number of hydrogen-bond donors (Lipinski definition) is 1. The van der Waals surface area contributed by atoms with Gasteiger partial charge in [-0.15, -0.1) is 0 Å². The molecule has 1 saturated heterocycles. The van der Waals surface area contributed by atoms with Crippen molar-refractivity contribution in [2.45, 2.75) is 50.8 Å². The SMILES string of the molecule is COC(=O)C(C)(CN1CCOC(C)(C)C1)NC1CC1. The Kier molecular flexibility index (Phi) is 4.18. The van der Waals surface area contributed by atoms with Crippen molar-refractivity contribution in [3.05, 3.63) is 0 Å². The summed E-state index contributed by atoms with van der Waals surface area (Å²) in [4.78, 5) is 14.4. The van der Waals surface area contributed by atoms with Gasteiger partial charge in [0.1, 0.15) is 5.54 Å². The largest absolute Gasteiger partial charge is 0.468 e. The van der Waals surface area contributed by atoms with Crippen molar-refractivity contribution in [2.24, 2.45) is 0 Å². The van der Waals surface area contributed by atoms with E-state index in [-0.39, 0.29) is 11.6 Å². The van der Waals surface area contributed by atoms with Gasteiger partial charge in [0.2, 0.25) is 0 Å². The second-order valence-corrected chi connectivity index (χ2v) is 6.56. The molecule has 19 heavy (non-hydrogen) atoms. The van der Waals surface area contributed by atoms with E-state index >= 15 is 0 Å². The van der Waals surface area contributed by atoms with Crippen LogP contribution in [0.5, 0.6) is 0 Å². The van der Waals surface area contributed by atoms with Crippen molar-refractivity contribution in [1.29, 1.82) is 0 Å². The summed E-state index contributed by atoms with van der Waals surface area (Å²) < 4.78 is 10.7. The van der Waals surface area contributed by atoms with E-state index < -0.39 is 5.54 Å². The Morgan fingerprint density at radius 3 is 2.74 bits per heavy atom. The third-order valence-electron chi connectivity index (χ3n) is 3.78. The van der Waals surface area contributed by atoms with E-state index in [0.717, 1.165) is 25.9 Å². The van der Waals surface area contributed by atoms with Crippen molar-refractivity contribution < 1.29 is 14.3 Å². The number of morpholine rings is 1. The molecular weight excluding hydrogens is 244 g/mol. The molecule has 1 aliphatic heterocycles. The molecule has 2 aliphatic rings. The van der Waals surface area contributed by atoms with Crippen LogP contribution in [0.15, 0.2) is 0 Å². The van der Waals surface area contributed by atoms with E-state index in [0.29, 0.717) is 19.2 Å². The van der Waals surface area contributed by atoms with Crippen LogP contribution in [0.3, 0.4) is 0 Å². The Bertz CT molecular complexity index is 342. The van der Waals surface area contributed by atoms with Gasteiger partial charge in [-0.1, -0.05) is 0 Å². The number of hydrogen-bond acceptors (Lipinski definition) is 5. The quantitative estimate of drug-likeness (QED) is 0.748. The summed E-state index contributed by atoms with van der Waals surface area (Å²) in [6, 6.07) is 0.471. The van der Waals surface area contributed by atoms with Gasteiger partial charge in [-0.2, -0.15) is 0 Å². The maximum atomic E-state index is 12.1. The molecule has 0 spiro atoms. The van der Waals surface area contributed by atoms with Crippen LogP contribution in [-0.4, -0.2) is 61.4 Å². The molecule has 2 rings (SSSR count). The van der Waals surface area contributed by atoms with Gasteiger partial charge in [0.25, 0.3) is 0 Å². The predicted octanol–water partition coefficient (Wildman–Crippen LogP) is 0.781. The van der Waals surface area contributed by atoms with Crippen LogP contribution in [0.4, 0.5) is 0 Å². The lowest BCUT2D eigenvalue weighted by Gasteiger charge is -2.42. The molecule has 0 amide bonds. The zero-order valence-corrected chi connectivity index (χ0v) is 12.5. The van der Waals surface area contributed by atoms with Crippen LogP contribution in [0.1, 0.15) is 33.6 Å². The smallest absolute Gasteiger partial charge is 0.327 e. The van der Waals surface area contributed by atoms with Gasteiger partial charge in [0.05, 0.1) is 19.3 Å². The topological polar surface area (TPSA) is 50.8 Å². The standard InChI is InChI=1S/C14H26N2O3/c1-13(2)9-16(7-8-19-13)10-14(3,12(17)18-4)15-11-5-6-11/h11,15H,5-10H2,1-4H3. The van der Waals surface area contributed by atoms with Crippen molar-refractivity contribution >= 4 is 5.97 Å². The molecule has 1 heterocycles. The van der Waals surface area contributed by atoms with Gasteiger partial charge in [0, 0.05) is 25.7 Å². The number of carbonyl (C=O) groups is 1. The zero-order valence-electron chi connectivity index (χ0n) is 12.5. The Hall–Kier alpha value is -0.650. The minimum atomic E-state index is -0.622. The van der Waals surface area contributed by atoms with E-state index in [1.807, 2.05) is 6.92 Å². The van der Waals surface area contributed by atoms with Crippen molar-refractivity contribution in [2.75, 3.05) is 33.4 Å². The highest BCUT2D eigenvalue weighted by Gasteiger charge is 2.42. The van der Waals surface area contributed by atoms with E-state index in [9.17, 15) is 4.79 Å². The maximum Gasteiger partial charge on any atom is 0.327 e. The Balaban J connectivity index is 2.00. The monoisotopic (exact) mass is 270 g/mol. The average molecular weight is 270 g/mol. The third-order valence-corrected chi connectivity index (χ3v) is 3.78. The molecule has 1 atom stereocenters. The Labute approximate surface area is 115 Å². The number of rotatable bonds is 5. The average Bonchev–Trinajstić information content (AvgIpc) is 3.10. The van der Waals surface area contributed by atoms with Crippen LogP contribution in [0.25, 0.3) is 0 Å². The van der Waals surface area contributed by atoms with Gasteiger partial charge in [-0.3, -0.25) is 15.0 Å². The van der Waals surface area contributed by atoms with Crippen LogP contribution in [-0.2, 0) is 14.3 Å². The van der Waals surface area contributed by atoms with E-state index in [4.69, 9.17) is 9.47 Å². The molecule has 2 fully saturated rings. The molecule has 1 N–H and O–H groups in total. The molecule has 1 aliphatic carbocycles. The van der Waals surface area contributed by atoms with Crippen LogP contribution in [0.2, 0.25) is 0 Å². The van der Waals surface area contributed by atoms with E-state index in [1.165, 1.54) is 7.11 Å². The van der Waals surface area contributed by atoms with Gasteiger partial charge in [-0.25, -0.2) is 0 Å². The summed E-state index contributed by atoms with van der Waals surface area (Å²) in [7, 11) is 1.46. The first-order chi connectivity index (χ1) is 8.85. The minimum Gasteiger partial charge on any atom is -0.468 e. The van der Waals surface area contributed by atoms with E-state index in [1.54, 1.807) is 0 Å². The molecule has 5 heteroatoms. The van der Waals surface area contributed by atoms with Crippen LogP contribution >= 0.6 is 0 Å². The van der Waals surface area contributed by atoms with Crippen molar-refractivity contribution in [1.82, 2.24) is 10.2 Å². The number of carbonyl (C=O) groups excluding carboxylic acids is 1. The molecule has 0 aromatic carbocycles. The van der Waals surface area contributed by atoms with Crippen LogP contribution < -0.4 is 5.32 Å². The fourth-order valence-corrected chi connectivity index (χ4v) is 2.77. The molecule has 0 aromatic heterocycles. The molecule has 1 saturated carbocycles. The summed E-state index contributed by atoms with van der Waals surface area (Å²) in [6.45, 7) is 9.20. The Morgan fingerprint density at radius 1 is 1.53 bits per heavy atom. The highest BCUT2D eigenvalue weighted by Crippen LogP contribution is 2.25. The highest BCUT2D eigenvalue weighted by atomic mass is 16.5. The third kappa shape index (κ3) is 3.91. The molecule has 0 radical (unpaired) electrons. The number of methoxy groups -OCH3 is 1. The lowest BCUT2D eigenvalue weighted by atomic mass is 9.99. The lowest BCUT2D eigenvalue weighted by Crippen LogP contribution is -2.61. The maximum absolute atomic E-state index is 12.1. The Morgan fingerprint density at radius 2 is 2.21 bits per heavy atom. The minimum absolute atomic E-state index is 0.144. The molecule has 0 bridgehead atoms. The number of nitrogens with one attached hydrogen (secondary N) is 1. The first-order valence-corrected chi connectivity index (χ1v) is 7.07. The first kappa shape index (κ1) is 14.8. The molecule has 0 aromatic rings. The lowest BCUT2D eigenvalue weighted by molar-refractivity contribution is -0.151. The van der Waals surface area contributed by atoms with Gasteiger partial charge < -0.3 is 9.47 Å². The van der Waals surface area contributed by atoms with Gasteiger partial charge in [-0.05, 0) is 33.6 Å². The molecule has 5 nitrogen and oxygen atoms in total. The van der Waals surface area contributed by atoms with Crippen LogP contribution in [0, 0.1) is 0 Å². The highest BCUT2D eigenvalue weighted by molar-refractivity contribution is 5.80. The predicted molar refractivity (Wildman–Crippen MR) is 73.0 cm³/mol.